The van der Waals surface area contributed by atoms with Crippen molar-refractivity contribution in [1.82, 2.24) is 5.32 Å². The van der Waals surface area contributed by atoms with Crippen molar-refractivity contribution in [2.45, 2.75) is 6.54 Å². The minimum Gasteiger partial charge on any atom is -0.497 e. The van der Waals surface area contributed by atoms with E-state index in [0.717, 1.165) is 6.07 Å². The highest BCUT2D eigenvalue weighted by molar-refractivity contribution is 5.94. The van der Waals surface area contributed by atoms with E-state index in [2.05, 4.69) is 5.32 Å². The first-order valence-corrected chi connectivity index (χ1v) is 6.60. The molecule has 122 valence electrons. The van der Waals surface area contributed by atoms with E-state index in [-0.39, 0.29) is 6.54 Å². The summed E-state index contributed by atoms with van der Waals surface area (Å²) in [5.41, 5.74) is 0.00829. The standard InChI is InChI=1S/C16H14F3NO3/c1-22-10-3-6-13(23-2)9(7-10)8-20-16(21)11-4-5-12(17)15(19)14(11)18/h3-7H,8H2,1-2H3,(H,20,21). The van der Waals surface area contributed by atoms with Crippen LogP contribution in [0.3, 0.4) is 0 Å². The molecule has 2 rings (SSSR count). The van der Waals surface area contributed by atoms with Crippen molar-refractivity contribution in [3.05, 3.63) is 58.9 Å². The summed E-state index contributed by atoms with van der Waals surface area (Å²) in [5.74, 6) is -4.39. The number of ether oxygens (including phenoxy) is 2. The SMILES string of the molecule is COc1ccc(OC)c(CNC(=O)c2ccc(F)c(F)c2F)c1. The minimum absolute atomic E-state index is 0.00234. The molecule has 0 aliphatic carbocycles. The van der Waals surface area contributed by atoms with Crippen molar-refractivity contribution in [2.75, 3.05) is 14.2 Å². The number of benzene rings is 2. The zero-order chi connectivity index (χ0) is 17.0. The molecule has 0 heterocycles. The summed E-state index contributed by atoms with van der Waals surface area (Å²) >= 11 is 0. The molecule has 1 N–H and O–H groups in total. The van der Waals surface area contributed by atoms with Gasteiger partial charge in [0.15, 0.2) is 17.5 Å². The van der Waals surface area contributed by atoms with Crippen molar-refractivity contribution in [3.8, 4) is 11.5 Å². The maximum Gasteiger partial charge on any atom is 0.254 e. The van der Waals surface area contributed by atoms with E-state index in [0.29, 0.717) is 23.1 Å². The fourth-order valence-electron chi connectivity index (χ4n) is 1.99. The van der Waals surface area contributed by atoms with Gasteiger partial charge in [0.2, 0.25) is 0 Å². The van der Waals surface area contributed by atoms with Gasteiger partial charge in [0, 0.05) is 12.1 Å². The van der Waals surface area contributed by atoms with Gasteiger partial charge in [0.25, 0.3) is 5.91 Å². The molecule has 0 saturated heterocycles. The first-order valence-electron chi connectivity index (χ1n) is 6.60. The van der Waals surface area contributed by atoms with E-state index >= 15 is 0 Å². The summed E-state index contributed by atoms with van der Waals surface area (Å²) in [5, 5.41) is 2.43. The van der Waals surface area contributed by atoms with Crippen LogP contribution < -0.4 is 14.8 Å². The molecule has 0 aliphatic heterocycles. The summed E-state index contributed by atoms with van der Waals surface area (Å²) < 4.78 is 49.9. The zero-order valence-electron chi connectivity index (χ0n) is 12.5. The molecule has 0 spiro atoms. The maximum absolute atomic E-state index is 13.6. The first-order chi connectivity index (χ1) is 11.0. The van der Waals surface area contributed by atoms with Crippen molar-refractivity contribution in [1.29, 1.82) is 0 Å². The van der Waals surface area contributed by atoms with Gasteiger partial charge in [0.05, 0.1) is 19.8 Å². The van der Waals surface area contributed by atoms with Gasteiger partial charge in [-0.25, -0.2) is 13.2 Å². The Labute approximate surface area is 130 Å². The number of halogens is 3. The molecule has 1 amide bonds. The third-order valence-electron chi connectivity index (χ3n) is 3.21. The molecule has 2 aromatic rings. The summed E-state index contributed by atoms with van der Waals surface area (Å²) in [7, 11) is 2.95. The van der Waals surface area contributed by atoms with Crippen LogP contribution in [0.25, 0.3) is 0 Å². The van der Waals surface area contributed by atoms with Gasteiger partial charge in [0.1, 0.15) is 11.5 Å². The average molecular weight is 325 g/mol. The molecule has 0 atom stereocenters. The summed E-state index contributed by atoms with van der Waals surface area (Å²) in [6.07, 6.45) is 0. The maximum atomic E-state index is 13.6. The molecule has 4 nitrogen and oxygen atoms in total. The largest absolute Gasteiger partial charge is 0.497 e. The Balaban J connectivity index is 2.18. The number of nitrogens with one attached hydrogen (secondary N) is 1. The van der Waals surface area contributed by atoms with E-state index in [4.69, 9.17) is 9.47 Å². The highest BCUT2D eigenvalue weighted by Crippen LogP contribution is 2.24. The molecule has 0 unspecified atom stereocenters. The topological polar surface area (TPSA) is 47.6 Å². The van der Waals surface area contributed by atoms with E-state index < -0.39 is 28.9 Å². The molecule has 0 radical (unpaired) electrons. The van der Waals surface area contributed by atoms with Crippen LogP contribution in [0.1, 0.15) is 15.9 Å². The van der Waals surface area contributed by atoms with Crippen molar-refractivity contribution in [3.63, 3.8) is 0 Å². The monoisotopic (exact) mass is 325 g/mol. The Morgan fingerprint density at radius 3 is 2.43 bits per heavy atom. The molecule has 7 heteroatoms. The molecule has 2 aromatic carbocycles. The van der Waals surface area contributed by atoms with Crippen LogP contribution >= 0.6 is 0 Å². The van der Waals surface area contributed by atoms with Gasteiger partial charge < -0.3 is 14.8 Å². The molecule has 0 fully saturated rings. The second kappa shape index (κ2) is 7.04. The Kier molecular flexibility index (Phi) is 5.10. The molecule has 0 aromatic heterocycles. The summed E-state index contributed by atoms with van der Waals surface area (Å²) in [6, 6.07) is 6.55. The molecular formula is C16H14F3NO3. The molecule has 0 aliphatic rings. The van der Waals surface area contributed by atoms with Crippen LogP contribution in [0.15, 0.2) is 30.3 Å². The lowest BCUT2D eigenvalue weighted by Crippen LogP contribution is -2.24. The summed E-state index contributed by atoms with van der Waals surface area (Å²) in [4.78, 5) is 11.9. The second-order valence-corrected chi connectivity index (χ2v) is 4.58. The smallest absolute Gasteiger partial charge is 0.254 e. The quantitative estimate of drug-likeness (QED) is 0.860. The van der Waals surface area contributed by atoms with Crippen LogP contribution in [0.2, 0.25) is 0 Å². The number of hydrogen-bond donors (Lipinski definition) is 1. The number of carbonyl (C=O) groups excluding carboxylic acids is 1. The van der Waals surface area contributed by atoms with Crippen LogP contribution in [0.5, 0.6) is 11.5 Å². The van der Waals surface area contributed by atoms with Gasteiger partial charge in [-0.3, -0.25) is 4.79 Å². The molecular weight excluding hydrogens is 311 g/mol. The van der Waals surface area contributed by atoms with E-state index in [1.807, 2.05) is 0 Å². The van der Waals surface area contributed by atoms with Gasteiger partial charge in [-0.1, -0.05) is 0 Å². The predicted molar refractivity (Wildman–Crippen MR) is 77.0 cm³/mol. The fraction of sp³-hybridized carbons (Fsp3) is 0.188. The van der Waals surface area contributed by atoms with E-state index in [1.165, 1.54) is 14.2 Å². The third-order valence-corrected chi connectivity index (χ3v) is 3.21. The lowest BCUT2D eigenvalue weighted by molar-refractivity contribution is 0.0945. The molecule has 0 bridgehead atoms. The number of hydrogen-bond acceptors (Lipinski definition) is 3. The minimum atomic E-state index is -1.68. The zero-order valence-corrected chi connectivity index (χ0v) is 12.5. The number of methoxy groups -OCH3 is 2. The van der Waals surface area contributed by atoms with Crippen LogP contribution in [0.4, 0.5) is 13.2 Å². The van der Waals surface area contributed by atoms with E-state index in [9.17, 15) is 18.0 Å². The normalized spacial score (nSPS) is 10.3. The van der Waals surface area contributed by atoms with E-state index in [1.54, 1.807) is 18.2 Å². The molecule has 0 saturated carbocycles. The van der Waals surface area contributed by atoms with Crippen LogP contribution in [0, 0.1) is 17.5 Å². The van der Waals surface area contributed by atoms with Crippen molar-refractivity contribution < 1.29 is 27.4 Å². The lowest BCUT2D eigenvalue weighted by atomic mass is 10.1. The Morgan fingerprint density at radius 1 is 1.04 bits per heavy atom. The molecule has 23 heavy (non-hydrogen) atoms. The summed E-state index contributed by atoms with van der Waals surface area (Å²) in [6.45, 7) is -0.00234. The Bertz CT molecular complexity index is 735. The number of carbonyl (C=O) groups is 1. The van der Waals surface area contributed by atoms with Crippen LogP contribution in [-0.4, -0.2) is 20.1 Å². The van der Waals surface area contributed by atoms with Crippen molar-refractivity contribution in [2.24, 2.45) is 0 Å². The van der Waals surface area contributed by atoms with Gasteiger partial charge in [-0.2, -0.15) is 0 Å². The Hall–Kier alpha value is -2.70. The van der Waals surface area contributed by atoms with Crippen LogP contribution in [-0.2, 0) is 6.54 Å². The van der Waals surface area contributed by atoms with Gasteiger partial charge in [-0.15, -0.1) is 0 Å². The Morgan fingerprint density at radius 2 is 1.78 bits per heavy atom. The predicted octanol–water partition coefficient (Wildman–Crippen LogP) is 3.05. The van der Waals surface area contributed by atoms with Gasteiger partial charge in [-0.05, 0) is 30.3 Å². The lowest BCUT2D eigenvalue weighted by Gasteiger charge is -2.12. The first kappa shape index (κ1) is 16.7. The van der Waals surface area contributed by atoms with Gasteiger partial charge >= 0.3 is 0 Å². The average Bonchev–Trinajstić information content (AvgIpc) is 2.57. The third kappa shape index (κ3) is 3.56. The fourth-order valence-corrected chi connectivity index (χ4v) is 1.99. The highest BCUT2D eigenvalue weighted by atomic mass is 19.2. The number of rotatable bonds is 5. The van der Waals surface area contributed by atoms with Crippen molar-refractivity contribution >= 4 is 5.91 Å². The number of amides is 1. The highest BCUT2D eigenvalue weighted by Gasteiger charge is 2.19. The second-order valence-electron chi connectivity index (χ2n) is 4.58.